The van der Waals surface area contributed by atoms with Gasteiger partial charge in [0.15, 0.2) is 0 Å². The zero-order valence-corrected chi connectivity index (χ0v) is 12.2. The highest BCUT2D eigenvalue weighted by Gasteiger charge is 2.21. The molecule has 7 nitrogen and oxygen atoms in total. The average Bonchev–Trinajstić information content (AvgIpc) is 3.06. The molecule has 2 heterocycles. The fraction of sp³-hybridized carbons (Fsp3) is 0.846. The molecule has 0 amide bonds. The molecule has 0 spiro atoms. The lowest BCUT2D eigenvalue weighted by Crippen LogP contribution is -2.42. The molecule has 0 bridgehead atoms. The van der Waals surface area contributed by atoms with Gasteiger partial charge in [0.1, 0.15) is 12.7 Å². The molecule has 8 heteroatoms. The monoisotopic (exact) mass is 326 g/mol. The maximum Gasteiger partial charge on any atom is 0.270 e. The lowest BCUT2D eigenvalue weighted by atomic mass is 10.1. The van der Waals surface area contributed by atoms with Gasteiger partial charge in [0, 0.05) is 36.1 Å². The lowest BCUT2D eigenvalue weighted by molar-refractivity contribution is 0.0975. The second kappa shape index (κ2) is 7.35. The first-order valence-corrected chi connectivity index (χ1v) is 6.97. The second-order valence-corrected chi connectivity index (χ2v) is 5.04. The molecule has 0 saturated carbocycles. The molecule has 0 radical (unpaired) electrons. The number of ether oxygens (including phenoxy) is 2. The summed E-state index contributed by atoms with van der Waals surface area (Å²) in [5.41, 5.74) is -2.79. The van der Waals surface area contributed by atoms with Gasteiger partial charge in [0.2, 0.25) is 5.82 Å². The lowest BCUT2D eigenvalue weighted by Gasteiger charge is -2.27. The van der Waals surface area contributed by atoms with Gasteiger partial charge in [-0.15, -0.1) is 4.37 Å². The van der Waals surface area contributed by atoms with Gasteiger partial charge in [0.25, 0.3) is 5.88 Å². The molecule has 0 aromatic carbocycles. The maximum absolute atomic E-state index is 10.4. The van der Waals surface area contributed by atoms with E-state index in [1.165, 1.54) is 0 Å². The summed E-state index contributed by atoms with van der Waals surface area (Å²) in [6, 6.07) is 0. The average molecular weight is 326 g/mol. The minimum atomic E-state index is -3.22. The Morgan fingerprint density at radius 2 is 2.33 bits per heavy atom. The summed E-state index contributed by atoms with van der Waals surface area (Å²) in [6.07, 6.45) is -2.64. The Hall–Kier alpha value is -0.960. The summed E-state index contributed by atoms with van der Waals surface area (Å²) in [4.78, 5) is 1.72. The van der Waals surface area contributed by atoms with Crippen LogP contribution >= 0.6 is 11.7 Å². The van der Waals surface area contributed by atoms with Crippen molar-refractivity contribution in [3.05, 3.63) is 0 Å². The molecular weight excluding hydrogens is 292 g/mol. The van der Waals surface area contributed by atoms with Gasteiger partial charge in [-0.1, -0.05) is 0 Å². The van der Waals surface area contributed by atoms with Crippen LogP contribution in [0.1, 0.15) is 34.3 Å². The van der Waals surface area contributed by atoms with Crippen molar-refractivity contribution in [3.8, 4) is 5.88 Å². The van der Waals surface area contributed by atoms with Crippen LogP contribution in [0.15, 0.2) is 0 Å². The SMILES string of the molecule is [2H]C([2H])(NC(C)(C([2H])([2H])[2H])C([2H])([2H])[2H])[C@H](O)C([2H])([2H])Oc1nsnc1N1CCOCC1. The molecule has 120 valence electrons. The normalized spacial score (nSPS) is 27.4. The Balaban J connectivity index is 2.26. The van der Waals surface area contributed by atoms with E-state index in [0.717, 1.165) is 18.7 Å². The number of hydrogen-bond donors (Lipinski definition) is 2. The van der Waals surface area contributed by atoms with Crippen LogP contribution in [0.4, 0.5) is 5.82 Å². The molecule has 1 fully saturated rings. The predicted octanol–water partition coefficient (Wildman–Crippen LogP) is 0.502. The van der Waals surface area contributed by atoms with Crippen LogP contribution in [-0.4, -0.2) is 64.9 Å². The van der Waals surface area contributed by atoms with Crippen LogP contribution in [0.25, 0.3) is 0 Å². The van der Waals surface area contributed by atoms with Crippen LogP contribution in [0.5, 0.6) is 5.88 Å². The Morgan fingerprint density at radius 1 is 1.57 bits per heavy atom. The van der Waals surface area contributed by atoms with Crippen molar-refractivity contribution in [1.29, 1.82) is 0 Å². The first-order chi connectivity index (χ1) is 13.9. The molecule has 0 unspecified atom stereocenters. The number of aliphatic hydroxyl groups excluding tert-OH is 1. The van der Waals surface area contributed by atoms with Crippen LogP contribution < -0.4 is 15.0 Å². The highest BCUT2D eigenvalue weighted by atomic mass is 32.1. The summed E-state index contributed by atoms with van der Waals surface area (Å²) in [7, 11) is 0. The predicted molar refractivity (Wildman–Crippen MR) is 82.2 cm³/mol. The van der Waals surface area contributed by atoms with E-state index in [0.29, 0.717) is 26.3 Å². The van der Waals surface area contributed by atoms with Crippen LogP contribution in [0, 0.1) is 0 Å². The molecular formula is C13H24N4O3S. The highest BCUT2D eigenvalue weighted by molar-refractivity contribution is 6.99. The van der Waals surface area contributed by atoms with E-state index in [-0.39, 0.29) is 11.7 Å². The van der Waals surface area contributed by atoms with Gasteiger partial charge in [-0.2, -0.15) is 4.37 Å². The van der Waals surface area contributed by atoms with Gasteiger partial charge in [-0.3, -0.25) is 0 Å². The number of anilines is 1. The fourth-order valence-electron chi connectivity index (χ4n) is 1.56. The van der Waals surface area contributed by atoms with Gasteiger partial charge in [-0.25, -0.2) is 0 Å². The largest absolute Gasteiger partial charge is 0.472 e. The van der Waals surface area contributed by atoms with E-state index in [4.69, 9.17) is 23.2 Å². The van der Waals surface area contributed by atoms with Gasteiger partial charge < -0.3 is 24.8 Å². The molecule has 2 N–H and O–H groups in total. The van der Waals surface area contributed by atoms with E-state index < -0.39 is 38.4 Å². The number of nitrogens with zero attached hydrogens (tertiary/aromatic N) is 3. The molecule has 1 aromatic rings. The van der Waals surface area contributed by atoms with Crippen molar-refractivity contribution < 1.29 is 28.3 Å². The second-order valence-electron chi connectivity index (χ2n) is 4.51. The van der Waals surface area contributed by atoms with Crippen molar-refractivity contribution in [2.24, 2.45) is 0 Å². The zero-order valence-electron chi connectivity index (χ0n) is 21.4. The summed E-state index contributed by atoms with van der Waals surface area (Å²) in [6.45, 7) is -10.3. The minimum absolute atomic E-state index is 0.188. The number of β-amino-alcohol motifs (C(OH)–C–C–N with tert-alkyl or cyclic N) is 1. The van der Waals surface area contributed by atoms with Gasteiger partial charge in [-0.05, 0) is 20.6 Å². The van der Waals surface area contributed by atoms with Crippen LogP contribution in [0.3, 0.4) is 0 Å². The molecule has 0 aliphatic carbocycles. The summed E-state index contributed by atoms with van der Waals surface area (Å²) in [5, 5.41) is 12.2. The topological polar surface area (TPSA) is 79.7 Å². The summed E-state index contributed by atoms with van der Waals surface area (Å²) >= 11 is 0.723. The molecule has 1 saturated heterocycles. The third-order valence-electron chi connectivity index (χ3n) is 2.48. The van der Waals surface area contributed by atoms with E-state index in [1.807, 2.05) is 0 Å². The molecule has 1 aromatic heterocycles. The molecule has 2 rings (SSSR count). The quantitative estimate of drug-likeness (QED) is 0.788. The van der Waals surface area contributed by atoms with E-state index in [9.17, 15) is 5.11 Å². The molecule has 1 atom stereocenters. The number of morpholine rings is 1. The van der Waals surface area contributed by atoms with Crippen molar-refractivity contribution in [2.45, 2.75) is 32.3 Å². The number of aromatic nitrogens is 2. The van der Waals surface area contributed by atoms with Crippen LogP contribution in [0.2, 0.25) is 0 Å². The van der Waals surface area contributed by atoms with Gasteiger partial charge in [0.05, 0.1) is 27.7 Å². The fourth-order valence-corrected chi connectivity index (χ4v) is 2.07. The first-order valence-electron chi connectivity index (χ1n) is 11.2. The van der Waals surface area contributed by atoms with Gasteiger partial charge >= 0.3 is 0 Å². The number of rotatable bonds is 6. The smallest absolute Gasteiger partial charge is 0.270 e. The standard InChI is InChI=1S/C13H24N4O3S/c1-13(2,3)14-8-10(18)9-20-12-11(15-21-16-12)17-4-6-19-7-5-17/h10,14,18H,4-9H2,1-3H3/t10-/m0/s1/i1D3,2D3,8D2,9D2. The third kappa shape index (κ3) is 5.39. The van der Waals surface area contributed by atoms with Crippen molar-refractivity contribution in [1.82, 2.24) is 14.1 Å². The molecule has 21 heavy (non-hydrogen) atoms. The van der Waals surface area contributed by atoms with E-state index >= 15 is 0 Å². The maximum atomic E-state index is 10.4. The molecule has 1 aliphatic heterocycles. The zero-order chi connectivity index (χ0) is 23.9. The Bertz CT molecular complexity index is 737. The summed E-state index contributed by atoms with van der Waals surface area (Å²) in [5.74, 6) is -0.103. The van der Waals surface area contributed by atoms with Crippen molar-refractivity contribution in [3.63, 3.8) is 0 Å². The summed E-state index contributed by atoms with van der Waals surface area (Å²) < 4.78 is 95.4. The first kappa shape index (κ1) is 7.54. The van der Waals surface area contributed by atoms with Crippen LogP contribution in [-0.2, 0) is 4.74 Å². The Morgan fingerprint density at radius 3 is 3.05 bits per heavy atom. The number of aliphatic hydroxyl groups is 1. The van der Waals surface area contributed by atoms with Crippen molar-refractivity contribution in [2.75, 3.05) is 44.3 Å². The van der Waals surface area contributed by atoms with E-state index in [2.05, 4.69) is 8.75 Å². The minimum Gasteiger partial charge on any atom is -0.472 e. The third-order valence-corrected chi connectivity index (χ3v) is 2.98. The molecule has 1 aliphatic rings. The van der Waals surface area contributed by atoms with Crippen molar-refractivity contribution >= 4 is 17.5 Å². The number of nitrogens with one attached hydrogen (secondary N) is 1. The Kier molecular flexibility index (Phi) is 2.64. The highest BCUT2D eigenvalue weighted by Crippen LogP contribution is 2.26. The Labute approximate surface area is 143 Å². The number of hydrogen-bond acceptors (Lipinski definition) is 8. The van der Waals surface area contributed by atoms with E-state index in [1.54, 1.807) is 10.2 Å².